The maximum atomic E-state index is 14.8. The van der Waals surface area contributed by atoms with Gasteiger partial charge in [0.25, 0.3) is 5.91 Å². The van der Waals surface area contributed by atoms with E-state index in [1.807, 2.05) is 0 Å². The lowest BCUT2D eigenvalue weighted by Crippen LogP contribution is -2.55. The molecule has 0 saturated heterocycles. The first kappa shape index (κ1) is 26.9. The predicted molar refractivity (Wildman–Crippen MR) is 125 cm³/mol. The Morgan fingerprint density at radius 3 is 2.36 bits per heavy atom. The topological polar surface area (TPSA) is 91.6 Å². The molecule has 1 amide bonds. The molecule has 1 aliphatic heterocycles. The summed E-state index contributed by atoms with van der Waals surface area (Å²) in [5, 5.41) is 14.0. The highest BCUT2D eigenvalue weighted by atomic mass is 35.5. The zero-order chi connectivity index (χ0) is 26.7. The number of carbonyl (C=O) groups is 1. The first-order valence-corrected chi connectivity index (χ1v) is 13.1. The van der Waals surface area contributed by atoms with E-state index in [1.165, 1.54) is 9.47 Å². The van der Waals surface area contributed by atoms with Gasteiger partial charge in [0.05, 0.1) is 10.4 Å². The van der Waals surface area contributed by atoms with Crippen molar-refractivity contribution in [2.45, 2.75) is 61.7 Å². The molecule has 4 rings (SSSR count). The van der Waals surface area contributed by atoms with E-state index in [2.05, 4.69) is 5.32 Å². The summed E-state index contributed by atoms with van der Waals surface area (Å²) in [5.74, 6) is -1.58. The lowest BCUT2D eigenvalue weighted by Gasteiger charge is -2.38. The van der Waals surface area contributed by atoms with E-state index in [0.29, 0.717) is 18.9 Å². The number of benzene rings is 1. The van der Waals surface area contributed by atoms with Gasteiger partial charge in [0, 0.05) is 31.2 Å². The summed E-state index contributed by atoms with van der Waals surface area (Å²) in [6.45, 7) is 1.12. The maximum Gasteiger partial charge on any atom is 0.407 e. The van der Waals surface area contributed by atoms with E-state index in [0.717, 1.165) is 11.6 Å². The van der Waals surface area contributed by atoms with Crippen molar-refractivity contribution >= 4 is 27.3 Å². The fourth-order valence-corrected chi connectivity index (χ4v) is 7.00. The number of rotatable bonds is 7. The minimum atomic E-state index is -4.96. The first-order chi connectivity index (χ1) is 16.6. The smallest absolute Gasteiger partial charge is 0.373 e. The van der Waals surface area contributed by atoms with Crippen LogP contribution in [0.25, 0.3) is 0 Å². The minimum Gasteiger partial charge on any atom is -0.373 e. The second kappa shape index (κ2) is 9.00. The number of halogens is 5. The number of nitrogens with zero attached hydrogens (tertiary/aromatic N) is 2. The normalized spacial score (nSPS) is 20.2. The molecule has 13 heteroatoms. The van der Waals surface area contributed by atoms with Crippen molar-refractivity contribution in [1.29, 1.82) is 0 Å². The predicted octanol–water partition coefficient (Wildman–Crippen LogP) is 3.81. The molecule has 1 unspecified atom stereocenters. The van der Waals surface area contributed by atoms with Crippen LogP contribution in [0.5, 0.6) is 0 Å². The van der Waals surface area contributed by atoms with Crippen molar-refractivity contribution in [2.24, 2.45) is 0 Å². The molecule has 0 bridgehead atoms. The number of carbonyl (C=O) groups excluding carboxylic acids is 1. The number of aromatic nitrogens is 1. The fourth-order valence-electron chi connectivity index (χ4n) is 4.51. The molecule has 1 aromatic carbocycles. The third-order valence-corrected chi connectivity index (χ3v) is 10.6. The van der Waals surface area contributed by atoms with Crippen molar-refractivity contribution in [3.63, 3.8) is 0 Å². The number of alkyl halides is 3. The molecule has 2 aromatic rings. The minimum absolute atomic E-state index is 0.0173. The second-order valence-corrected chi connectivity index (χ2v) is 13.1. The second-order valence-electron chi connectivity index (χ2n) is 9.77. The van der Waals surface area contributed by atoms with Gasteiger partial charge in [-0.05, 0) is 50.5 Å². The lowest BCUT2D eigenvalue weighted by atomic mass is 10.2. The Hall–Kier alpha value is -2.15. The molecule has 2 aliphatic rings. The Bertz CT molecular complexity index is 1270. The number of fused-ring (bicyclic) bond motifs is 1. The molecule has 2 heterocycles. The van der Waals surface area contributed by atoms with Gasteiger partial charge in [-0.1, -0.05) is 23.7 Å². The number of amides is 1. The van der Waals surface area contributed by atoms with Gasteiger partial charge in [-0.15, -0.1) is 0 Å². The number of sulfone groups is 1. The van der Waals surface area contributed by atoms with Crippen LogP contribution in [0.3, 0.4) is 0 Å². The number of nitrogens with one attached hydrogen (secondary N) is 1. The number of hydrogen-bond donors (Lipinski definition) is 2. The quantitative estimate of drug-likeness (QED) is 0.511. The van der Waals surface area contributed by atoms with Crippen molar-refractivity contribution < 1.29 is 35.9 Å². The van der Waals surface area contributed by atoms with E-state index < -0.39 is 43.5 Å². The Morgan fingerprint density at radius 2 is 1.81 bits per heavy atom. The molecule has 198 valence electrons. The summed E-state index contributed by atoms with van der Waals surface area (Å²) in [4.78, 5) is 14.0. The zero-order valence-corrected chi connectivity index (χ0v) is 21.1. The van der Waals surface area contributed by atoms with Crippen LogP contribution in [0.15, 0.2) is 30.3 Å². The number of aliphatic hydroxyl groups is 1. The van der Waals surface area contributed by atoms with Crippen LogP contribution in [0.1, 0.15) is 54.7 Å². The van der Waals surface area contributed by atoms with Crippen LogP contribution in [0, 0.1) is 5.82 Å². The van der Waals surface area contributed by atoms with Gasteiger partial charge in [-0.3, -0.25) is 9.69 Å². The molecule has 1 saturated carbocycles. The molecule has 1 aliphatic carbocycles. The van der Waals surface area contributed by atoms with Gasteiger partial charge in [-0.2, -0.15) is 13.2 Å². The van der Waals surface area contributed by atoms with Crippen LogP contribution in [-0.4, -0.2) is 57.7 Å². The third kappa shape index (κ3) is 4.42. The summed E-state index contributed by atoms with van der Waals surface area (Å²) in [5.41, 5.74) is 0.478. The Balaban J connectivity index is 1.51. The van der Waals surface area contributed by atoms with E-state index in [1.54, 1.807) is 24.3 Å². The van der Waals surface area contributed by atoms with Crippen molar-refractivity contribution in [1.82, 2.24) is 14.8 Å². The van der Waals surface area contributed by atoms with Crippen molar-refractivity contribution in [2.75, 3.05) is 13.1 Å². The van der Waals surface area contributed by atoms with Crippen LogP contribution >= 0.6 is 11.6 Å². The molecule has 0 spiro atoms. The molecule has 36 heavy (non-hydrogen) atoms. The highest BCUT2D eigenvalue weighted by Crippen LogP contribution is 2.53. The van der Waals surface area contributed by atoms with Crippen LogP contribution in [0.2, 0.25) is 5.02 Å². The Kier molecular flexibility index (Phi) is 6.72. The Morgan fingerprint density at radius 1 is 1.19 bits per heavy atom. The molecule has 2 N–H and O–H groups in total. The molecule has 1 fully saturated rings. The summed E-state index contributed by atoms with van der Waals surface area (Å²) in [6, 6.07) is 7.70. The molecule has 1 aromatic heterocycles. The van der Waals surface area contributed by atoms with Gasteiger partial charge < -0.3 is 15.0 Å². The summed E-state index contributed by atoms with van der Waals surface area (Å²) < 4.78 is 78.1. The van der Waals surface area contributed by atoms with E-state index in [9.17, 15) is 35.9 Å². The highest BCUT2D eigenvalue weighted by Gasteiger charge is 2.68. The summed E-state index contributed by atoms with van der Waals surface area (Å²) >= 11 is 5.84. The largest absolute Gasteiger partial charge is 0.407 e. The molecular formula is C23H26ClF4N3O4S. The van der Waals surface area contributed by atoms with Gasteiger partial charge in [0.2, 0.25) is 0 Å². The fraction of sp³-hybridized carbons (Fsp3) is 0.522. The van der Waals surface area contributed by atoms with Gasteiger partial charge in [0.15, 0.2) is 20.4 Å². The first-order valence-electron chi connectivity index (χ1n) is 11.3. The third-order valence-electron chi connectivity index (χ3n) is 7.11. The van der Waals surface area contributed by atoms with Gasteiger partial charge >= 0.3 is 6.18 Å². The van der Waals surface area contributed by atoms with Crippen molar-refractivity contribution in [3.05, 3.63) is 58.1 Å². The van der Waals surface area contributed by atoms with Gasteiger partial charge in [-0.25, -0.2) is 12.8 Å². The zero-order valence-electron chi connectivity index (χ0n) is 19.6. The van der Waals surface area contributed by atoms with Gasteiger partial charge in [0.1, 0.15) is 11.9 Å². The molecule has 0 radical (unpaired) electrons. The molecule has 7 nitrogen and oxygen atoms in total. The van der Waals surface area contributed by atoms with E-state index >= 15 is 0 Å². The summed E-state index contributed by atoms with van der Waals surface area (Å²) in [7, 11) is -4.67. The number of aliphatic hydroxyl groups excluding tert-OH is 1. The van der Waals surface area contributed by atoms with E-state index in [4.69, 9.17) is 11.6 Å². The van der Waals surface area contributed by atoms with Crippen LogP contribution < -0.4 is 5.32 Å². The lowest BCUT2D eigenvalue weighted by molar-refractivity contribution is -0.153. The van der Waals surface area contributed by atoms with Crippen LogP contribution in [0.4, 0.5) is 17.6 Å². The molecular weight excluding hydrogens is 526 g/mol. The average molecular weight is 552 g/mol. The number of hydrogen-bond acceptors (Lipinski definition) is 5. The standard InChI is InChI=1S/C23H26ClF4N3O4S/c1-21(2,23(26,27)28)36(34,35)22(7-8-22)13-30-9-10-31-17(20(30)33)11-16(25)18(31)19(32)29-12-14-3-5-15(24)6-4-14/h3-6,11,20,33H,7-10,12-13H2,1-2H3,(H,29,32). The molecule has 1 atom stereocenters. The monoisotopic (exact) mass is 551 g/mol. The van der Waals surface area contributed by atoms with Crippen molar-refractivity contribution in [3.8, 4) is 0 Å². The average Bonchev–Trinajstić information content (AvgIpc) is 3.50. The summed E-state index contributed by atoms with van der Waals surface area (Å²) in [6.07, 6.45) is -6.39. The van der Waals surface area contributed by atoms with Crippen LogP contribution in [-0.2, 0) is 22.9 Å². The Labute approximate surface area is 210 Å². The SMILES string of the molecule is CC(C)(C(F)(F)F)S(=O)(=O)C1(CN2CCn3c(cc(F)c3C(=O)NCc3ccc(Cl)cc3)C2O)CC1. The maximum absolute atomic E-state index is 14.8. The van der Waals surface area contributed by atoms with E-state index in [-0.39, 0.29) is 50.4 Å². The highest BCUT2D eigenvalue weighted by molar-refractivity contribution is 7.94.